The highest BCUT2D eigenvalue weighted by molar-refractivity contribution is 6.30. The molecular weight excluding hydrogens is 380 g/mol. The number of aliphatic hydroxyl groups excluding tert-OH is 2. The van der Waals surface area contributed by atoms with Gasteiger partial charge in [0.1, 0.15) is 5.82 Å². The maximum Gasteiger partial charge on any atom is 0.227 e. The summed E-state index contributed by atoms with van der Waals surface area (Å²) in [6, 6.07) is 12.9. The van der Waals surface area contributed by atoms with Crippen molar-refractivity contribution in [2.45, 2.75) is 0 Å². The Hall–Kier alpha value is -2.78. The summed E-state index contributed by atoms with van der Waals surface area (Å²) >= 11 is 5.98. The van der Waals surface area contributed by atoms with Crippen LogP contribution in [0.1, 0.15) is 0 Å². The van der Waals surface area contributed by atoms with E-state index in [1.807, 2.05) is 36.4 Å². The van der Waals surface area contributed by atoms with Crippen LogP contribution >= 0.6 is 11.6 Å². The zero-order valence-electron chi connectivity index (χ0n) is 15.2. The predicted molar refractivity (Wildman–Crippen MR) is 112 cm³/mol. The molecule has 8 nitrogen and oxygen atoms in total. The van der Waals surface area contributed by atoms with Crippen LogP contribution in [0.3, 0.4) is 0 Å². The van der Waals surface area contributed by atoms with Gasteiger partial charge in [0.05, 0.1) is 18.9 Å². The minimum atomic E-state index is 0.0487. The van der Waals surface area contributed by atoms with Crippen molar-refractivity contribution in [1.29, 1.82) is 0 Å². The lowest BCUT2D eigenvalue weighted by atomic mass is 10.2. The van der Waals surface area contributed by atoms with E-state index in [0.717, 1.165) is 16.9 Å². The highest BCUT2D eigenvalue weighted by Crippen LogP contribution is 2.22. The molecular formula is C19H23ClN6O2. The second-order valence-corrected chi connectivity index (χ2v) is 5.93. The maximum atomic E-state index is 8.88. The van der Waals surface area contributed by atoms with Crippen molar-refractivity contribution in [2.75, 3.05) is 36.9 Å². The van der Waals surface area contributed by atoms with Gasteiger partial charge >= 0.3 is 0 Å². The van der Waals surface area contributed by atoms with Crippen LogP contribution in [0.25, 0.3) is 11.3 Å². The molecule has 0 unspecified atom stereocenters. The monoisotopic (exact) mass is 402 g/mol. The third kappa shape index (κ3) is 7.09. The van der Waals surface area contributed by atoms with Gasteiger partial charge in [-0.05, 0) is 36.4 Å². The molecule has 0 spiro atoms. The van der Waals surface area contributed by atoms with Crippen LogP contribution < -0.4 is 16.4 Å². The van der Waals surface area contributed by atoms with Crippen LogP contribution in [-0.2, 0) is 0 Å². The molecule has 3 rings (SSSR count). The largest absolute Gasteiger partial charge is 0.395 e. The van der Waals surface area contributed by atoms with Gasteiger partial charge in [-0.25, -0.2) is 15.0 Å². The average molecular weight is 403 g/mol. The fraction of sp³-hybridized carbons (Fsp3) is 0.211. The van der Waals surface area contributed by atoms with Crippen LogP contribution in [-0.4, -0.2) is 51.5 Å². The molecule has 0 saturated carbocycles. The molecule has 0 amide bonds. The van der Waals surface area contributed by atoms with Crippen LogP contribution in [0, 0.1) is 0 Å². The molecule has 148 valence electrons. The molecule has 28 heavy (non-hydrogen) atoms. The number of halogens is 1. The number of anilines is 3. The normalized spacial score (nSPS) is 10.0. The quantitative estimate of drug-likeness (QED) is 0.407. The lowest BCUT2D eigenvalue weighted by Crippen LogP contribution is -2.06. The van der Waals surface area contributed by atoms with Gasteiger partial charge in [-0.15, -0.1) is 0 Å². The Bertz CT molecular complexity index is 863. The van der Waals surface area contributed by atoms with Crippen molar-refractivity contribution in [1.82, 2.24) is 15.0 Å². The molecule has 3 aromatic rings. The van der Waals surface area contributed by atoms with Crippen molar-refractivity contribution < 1.29 is 10.2 Å². The maximum absolute atomic E-state index is 8.88. The Balaban J connectivity index is 0.000000640. The van der Waals surface area contributed by atoms with E-state index in [0.29, 0.717) is 29.9 Å². The number of pyridine rings is 1. The second-order valence-electron chi connectivity index (χ2n) is 5.49. The van der Waals surface area contributed by atoms with Crippen LogP contribution in [0.4, 0.5) is 17.5 Å². The Morgan fingerprint density at radius 1 is 1.00 bits per heavy atom. The van der Waals surface area contributed by atoms with E-state index in [1.54, 1.807) is 18.5 Å². The molecule has 2 aromatic heterocycles. The number of benzene rings is 1. The highest BCUT2D eigenvalue weighted by Gasteiger charge is 2.05. The average Bonchev–Trinajstić information content (AvgIpc) is 2.73. The third-order valence-corrected chi connectivity index (χ3v) is 3.57. The first-order chi connectivity index (χ1) is 13.7. The molecule has 0 radical (unpaired) electrons. The van der Waals surface area contributed by atoms with Gasteiger partial charge in [0, 0.05) is 41.8 Å². The number of hydrogen-bond donors (Lipinski definition) is 5. The van der Waals surface area contributed by atoms with Crippen molar-refractivity contribution >= 4 is 29.1 Å². The number of rotatable bonds is 7. The lowest BCUT2D eigenvalue weighted by Gasteiger charge is -2.08. The summed E-state index contributed by atoms with van der Waals surface area (Å²) in [7, 11) is 0. The first-order valence-corrected chi connectivity index (χ1v) is 9.01. The van der Waals surface area contributed by atoms with Gasteiger partial charge in [0.25, 0.3) is 0 Å². The fourth-order valence-corrected chi connectivity index (χ4v) is 2.34. The number of aliphatic hydroxyl groups is 2. The highest BCUT2D eigenvalue weighted by atomic mass is 35.5. The van der Waals surface area contributed by atoms with Gasteiger partial charge in [-0.2, -0.15) is 0 Å². The number of hydrogen-bond acceptors (Lipinski definition) is 8. The summed E-state index contributed by atoms with van der Waals surface area (Å²) in [5, 5.41) is 23.4. The number of nitrogens with two attached hydrogens (primary N) is 1. The van der Waals surface area contributed by atoms with Gasteiger partial charge in [0.15, 0.2) is 0 Å². The molecule has 0 atom stereocenters. The zero-order chi connectivity index (χ0) is 20.2. The Morgan fingerprint density at radius 2 is 1.79 bits per heavy atom. The molecule has 2 heterocycles. The fourth-order valence-electron chi connectivity index (χ4n) is 2.15. The van der Waals surface area contributed by atoms with E-state index < -0.39 is 0 Å². The van der Waals surface area contributed by atoms with E-state index in [9.17, 15) is 0 Å². The predicted octanol–water partition coefficient (Wildman–Crippen LogP) is 2.28. The zero-order valence-corrected chi connectivity index (χ0v) is 16.0. The minimum absolute atomic E-state index is 0.0487. The molecule has 0 saturated heterocycles. The molecule has 9 heteroatoms. The van der Waals surface area contributed by atoms with E-state index >= 15 is 0 Å². The van der Waals surface area contributed by atoms with Crippen molar-refractivity contribution in [3.63, 3.8) is 0 Å². The topological polar surface area (TPSA) is 129 Å². The molecule has 0 fully saturated rings. The van der Waals surface area contributed by atoms with Crippen molar-refractivity contribution in [2.24, 2.45) is 5.73 Å². The molecule has 0 aliphatic carbocycles. The Morgan fingerprint density at radius 3 is 2.50 bits per heavy atom. The smallest absolute Gasteiger partial charge is 0.227 e. The molecule has 0 bridgehead atoms. The van der Waals surface area contributed by atoms with Crippen molar-refractivity contribution in [3.8, 4) is 11.3 Å². The van der Waals surface area contributed by atoms with Crippen LogP contribution in [0.15, 0.2) is 54.9 Å². The summed E-state index contributed by atoms with van der Waals surface area (Å²) in [5.74, 6) is 1.17. The first kappa shape index (κ1) is 21.5. The van der Waals surface area contributed by atoms with Gasteiger partial charge in [-0.3, -0.25) is 0 Å². The number of aromatic nitrogens is 3. The van der Waals surface area contributed by atoms with Crippen molar-refractivity contribution in [3.05, 3.63) is 59.9 Å². The molecule has 0 aliphatic rings. The molecule has 6 N–H and O–H groups in total. The Kier molecular flexibility index (Phi) is 9.09. The van der Waals surface area contributed by atoms with Gasteiger partial charge in [0.2, 0.25) is 5.95 Å². The number of nitrogens with zero attached hydrogens (tertiary/aromatic N) is 3. The minimum Gasteiger partial charge on any atom is -0.395 e. The molecule has 1 aromatic carbocycles. The third-order valence-electron chi connectivity index (χ3n) is 3.34. The lowest BCUT2D eigenvalue weighted by molar-refractivity contribution is 0.306. The Labute approximate surface area is 168 Å². The van der Waals surface area contributed by atoms with Gasteiger partial charge < -0.3 is 26.6 Å². The standard InChI is InChI=1S/C17H16ClN5O.C2H7NO/c18-13-2-1-3-14(11-13)22-17-21-7-5-15(23-17)12-4-6-19-16(10-12)20-8-9-24;3-1-2-4/h1-7,10-11,24H,8-9H2,(H,19,20)(H,21,22,23);4H,1-3H2. The van der Waals surface area contributed by atoms with Crippen LogP contribution in [0.2, 0.25) is 5.02 Å². The van der Waals surface area contributed by atoms with E-state index in [1.165, 1.54) is 0 Å². The van der Waals surface area contributed by atoms with Crippen LogP contribution in [0.5, 0.6) is 0 Å². The summed E-state index contributed by atoms with van der Waals surface area (Å²) in [6.07, 6.45) is 3.39. The van der Waals surface area contributed by atoms with E-state index in [4.69, 9.17) is 27.5 Å². The van der Waals surface area contributed by atoms with E-state index in [-0.39, 0.29) is 13.2 Å². The van der Waals surface area contributed by atoms with Gasteiger partial charge in [-0.1, -0.05) is 17.7 Å². The summed E-state index contributed by atoms with van der Waals surface area (Å²) in [6.45, 7) is 0.967. The number of nitrogens with one attached hydrogen (secondary N) is 2. The first-order valence-electron chi connectivity index (χ1n) is 8.64. The van der Waals surface area contributed by atoms with E-state index in [2.05, 4.69) is 25.6 Å². The molecule has 0 aliphatic heterocycles. The second kappa shape index (κ2) is 11.8. The summed E-state index contributed by atoms with van der Waals surface area (Å²) < 4.78 is 0. The summed E-state index contributed by atoms with van der Waals surface area (Å²) in [5.41, 5.74) is 7.27. The SMILES string of the molecule is NCCO.OCCNc1cc(-c2ccnc(Nc3cccc(Cl)c3)n2)ccn1. The summed E-state index contributed by atoms with van der Waals surface area (Å²) in [4.78, 5) is 13.0.